The van der Waals surface area contributed by atoms with Crippen molar-refractivity contribution < 1.29 is 46.1 Å². The Kier molecular flexibility index (Phi) is 7.19. The smallest absolute Gasteiger partial charge is 0.417 e. The van der Waals surface area contributed by atoms with Crippen molar-refractivity contribution in [2.24, 2.45) is 0 Å². The van der Waals surface area contributed by atoms with Crippen molar-refractivity contribution in [3.63, 3.8) is 0 Å². The molecule has 15 heteroatoms. The number of hydrogen-bond donors (Lipinski definition) is 2. The number of carbonyl (C=O) groups is 1. The lowest BCUT2D eigenvalue weighted by atomic mass is 9.94. The molecule has 2 atom stereocenters. The van der Waals surface area contributed by atoms with E-state index < -0.39 is 58.8 Å². The minimum atomic E-state index is -4.83. The minimum absolute atomic E-state index is 0.166. The van der Waals surface area contributed by atoms with Crippen molar-refractivity contribution in [2.45, 2.75) is 43.8 Å². The normalized spacial score (nSPS) is 25.0. The Bertz CT molecular complexity index is 1400. The molecule has 2 N–H and O–H groups in total. The van der Waals surface area contributed by atoms with Gasteiger partial charge in [0, 0.05) is 52.4 Å². The maximum Gasteiger partial charge on any atom is 0.417 e. The first-order chi connectivity index (χ1) is 19.5. The second-order valence-electron chi connectivity index (χ2n) is 11.4. The lowest BCUT2D eigenvalue weighted by Crippen LogP contribution is -2.55. The number of benzene rings is 1. The molecule has 0 aliphatic carbocycles. The monoisotopic (exact) mass is 601 g/mol. The highest BCUT2D eigenvalue weighted by Crippen LogP contribution is 2.59. The average molecular weight is 602 g/mol. The number of nitriles is 1. The summed E-state index contributed by atoms with van der Waals surface area (Å²) in [6, 6.07) is 4.41. The van der Waals surface area contributed by atoms with Crippen molar-refractivity contribution in [1.29, 1.82) is 5.26 Å². The average Bonchev–Trinajstić information content (AvgIpc) is 3.26. The summed E-state index contributed by atoms with van der Waals surface area (Å²) in [7, 11) is 0. The Hall–Kier alpha value is -3.48. The second kappa shape index (κ2) is 10.1. The molecule has 9 nitrogen and oxygen atoms in total. The van der Waals surface area contributed by atoms with Crippen LogP contribution in [0.25, 0.3) is 5.69 Å². The van der Waals surface area contributed by atoms with Gasteiger partial charge in [-0.3, -0.25) is 19.2 Å². The molecular weight excluding hydrogens is 572 g/mol. The van der Waals surface area contributed by atoms with Crippen LogP contribution in [-0.2, 0) is 26.9 Å². The number of nitrogens with zero attached hydrogens (tertiary/aromatic N) is 5. The van der Waals surface area contributed by atoms with Crippen LogP contribution in [0.5, 0.6) is 11.8 Å². The highest BCUT2D eigenvalue weighted by Gasteiger charge is 2.58. The van der Waals surface area contributed by atoms with Gasteiger partial charge in [-0.2, -0.15) is 31.6 Å². The molecule has 5 rings (SSSR count). The zero-order valence-electron chi connectivity index (χ0n) is 22.8. The van der Waals surface area contributed by atoms with E-state index in [1.165, 1.54) is 17.0 Å². The molecular formula is C27H29F6N5O4. The topological polar surface area (TPSA) is 105 Å². The lowest BCUT2D eigenvalue weighted by molar-refractivity contribution is -0.187. The van der Waals surface area contributed by atoms with Crippen molar-refractivity contribution in [1.82, 2.24) is 19.3 Å². The number of alkyl halides is 6. The Morgan fingerprint density at radius 3 is 2.00 bits per heavy atom. The molecule has 3 aliphatic rings. The van der Waals surface area contributed by atoms with Gasteiger partial charge < -0.3 is 19.8 Å². The van der Waals surface area contributed by atoms with Crippen LogP contribution in [0, 0.1) is 11.3 Å². The fraction of sp³-hybridized carbons (Fsp3) is 0.556. The summed E-state index contributed by atoms with van der Waals surface area (Å²) in [6.45, 7) is 6.32. The first kappa shape index (κ1) is 30.0. The standard InChI is InChI=1S/C27H29F6N5O4/c1-24-14-36(6-5-35-7-9-37(10-8-35)19(39)12-26(28,29)30)15-25(2,42-24)21-20(24)22(40)38(23(21)41)17-4-3-16(13-34)18(11-17)27(31,32)33/h3-4,11,40-41H,5-10,12,14-15H2,1-2H3/t24-,25+. The van der Waals surface area contributed by atoms with Gasteiger partial charge in [0.2, 0.25) is 17.7 Å². The maximum absolute atomic E-state index is 13.6. The van der Waals surface area contributed by atoms with Crippen LogP contribution in [0.4, 0.5) is 26.3 Å². The van der Waals surface area contributed by atoms with E-state index >= 15 is 0 Å². The van der Waals surface area contributed by atoms with Gasteiger partial charge in [-0.05, 0) is 32.0 Å². The van der Waals surface area contributed by atoms with Gasteiger partial charge >= 0.3 is 12.4 Å². The SMILES string of the molecule is C[C@]12CN(CCN3CCN(C(=O)CC(F)(F)F)CC3)C[C@](C)(O1)c1c2c(O)n(-c2ccc(C#N)c(C(F)(F)F)c2)c1O. The molecule has 1 amide bonds. The van der Waals surface area contributed by atoms with E-state index in [0.717, 1.165) is 10.6 Å². The van der Waals surface area contributed by atoms with Crippen LogP contribution in [0.3, 0.4) is 0 Å². The van der Waals surface area contributed by atoms with Gasteiger partial charge in [0.1, 0.15) is 17.6 Å². The Labute approximate surface area is 237 Å². The number of aromatic hydroxyl groups is 2. The molecule has 0 saturated carbocycles. The molecule has 0 unspecified atom stereocenters. The molecule has 2 fully saturated rings. The summed E-state index contributed by atoms with van der Waals surface area (Å²) in [6.07, 6.45) is -10.9. The molecule has 1 aromatic carbocycles. The van der Waals surface area contributed by atoms with Gasteiger partial charge in [-0.25, -0.2) is 0 Å². The van der Waals surface area contributed by atoms with E-state index in [0.29, 0.717) is 32.2 Å². The third-order valence-electron chi connectivity index (χ3n) is 8.18. The summed E-state index contributed by atoms with van der Waals surface area (Å²) >= 11 is 0. The van der Waals surface area contributed by atoms with Gasteiger partial charge in [0.25, 0.3) is 0 Å². The molecule has 2 aromatic rings. The molecule has 0 spiro atoms. The van der Waals surface area contributed by atoms with Gasteiger partial charge in [0.05, 0.1) is 34.0 Å². The van der Waals surface area contributed by atoms with E-state index in [1.807, 2.05) is 4.90 Å². The maximum atomic E-state index is 13.6. The predicted octanol–water partition coefficient (Wildman–Crippen LogP) is 3.65. The largest absolute Gasteiger partial charge is 0.494 e. The van der Waals surface area contributed by atoms with Crippen LogP contribution in [0.2, 0.25) is 0 Å². The van der Waals surface area contributed by atoms with E-state index in [9.17, 15) is 41.4 Å². The number of fused-ring (bicyclic) bond motifs is 5. The minimum Gasteiger partial charge on any atom is -0.494 e. The first-order valence-corrected chi connectivity index (χ1v) is 13.2. The molecule has 228 valence electrons. The predicted molar refractivity (Wildman–Crippen MR) is 135 cm³/mol. The molecule has 0 radical (unpaired) electrons. The lowest BCUT2D eigenvalue weighted by Gasteiger charge is -2.44. The number of halogens is 6. The van der Waals surface area contributed by atoms with E-state index in [1.54, 1.807) is 13.8 Å². The van der Waals surface area contributed by atoms with Crippen molar-refractivity contribution in [2.75, 3.05) is 52.4 Å². The van der Waals surface area contributed by atoms with E-state index in [2.05, 4.69) is 4.90 Å². The number of carbonyl (C=O) groups excluding carboxylic acids is 1. The van der Waals surface area contributed by atoms with Gasteiger partial charge in [-0.15, -0.1) is 0 Å². The number of aromatic nitrogens is 1. The van der Waals surface area contributed by atoms with Crippen LogP contribution in [0.15, 0.2) is 18.2 Å². The highest BCUT2D eigenvalue weighted by molar-refractivity contribution is 5.77. The van der Waals surface area contributed by atoms with Crippen molar-refractivity contribution >= 4 is 5.91 Å². The molecule has 4 heterocycles. The van der Waals surface area contributed by atoms with Crippen LogP contribution >= 0.6 is 0 Å². The molecule has 2 bridgehead atoms. The molecule has 1 aromatic heterocycles. The van der Waals surface area contributed by atoms with Gasteiger partial charge in [-0.1, -0.05) is 0 Å². The Balaban J connectivity index is 1.31. The summed E-state index contributed by atoms with van der Waals surface area (Å²) in [5.74, 6) is -1.87. The van der Waals surface area contributed by atoms with E-state index in [4.69, 9.17) is 10.00 Å². The number of ether oxygens (including phenoxy) is 1. The quantitative estimate of drug-likeness (QED) is 0.505. The fourth-order valence-corrected chi connectivity index (χ4v) is 6.47. The first-order valence-electron chi connectivity index (χ1n) is 13.2. The van der Waals surface area contributed by atoms with Crippen LogP contribution < -0.4 is 0 Å². The van der Waals surface area contributed by atoms with Crippen molar-refractivity contribution in [3.05, 3.63) is 40.5 Å². The molecule has 3 aliphatic heterocycles. The molecule has 2 saturated heterocycles. The number of rotatable bonds is 5. The number of amides is 1. The number of hydrogen-bond acceptors (Lipinski definition) is 7. The summed E-state index contributed by atoms with van der Waals surface area (Å²) in [5.41, 5.74) is -3.65. The zero-order chi connectivity index (χ0) is 30.8. The molecule has 42 heavy (non-hydrogen) atoms. The third kappa shape index (κ3) is 5.27. The number of morpholine rings is 1. The Morgan fingerprint density at radius 2 is 1.50 bits per heavy atom. The second-order valence-corrected chi connectivity index (χ2v) is 11.4. The van der Waals surface area contributed by atoms with E-state index in [-0.39, 0.29) is 43.0 Å². The zero-order valence-corrected chi connectivity index (χ0v) is 22.8. The van der Waals surface area contributed by atoms with Crippen LogP contribution in [-0.4, -0.2) is 93.9 Å². The number of piperazine rings is 1. The van der Waals surface area contributed by atoms with Crippen molar-refractivity contribution in [3.8, 4) is 23.5 Å². The third-order valence-corrected chi connectivity index (χ3v) is 8.18. The van der Waals surface area contributed by atoms with Crippen LogP contribution in [0.1, 0.15) is 42.5 Å². The summed E-state index contributed by atoms with van der Waals surface area (Å²) in [4.78, 5) is 17.2. The summed E-state index contributed by atoms with van der Waals surface area (Å²) < 4.78 is 85.7. The van der Waals surface area contributed by atoms with Gasteiger partial charge in [0.15, 0.2) is 0 Å². The Morgan fingerprint density at radius 1 is 0.952 bits per heavy atom. The fourth-order valence-electron chi connectivity index (χ4n) is 6.47. The summed E-state index contributed by atoms with van der Waals surface area (Å²) in [5, 5.41) is 31.6. The highest BCUT2D eigenvalue weighted by atomic mass is 19.4.